The Morgan fingerprint density at radius 3 is 2.67 bits per heavy atom. The van der Waals surface area contributed by atoms with Gasteiger partial charge in [-0.05, 0) is 17.3 Å². The van der Waals surface area contributed by atoms with Gasteiger partial charge in [0.15, 0.2) is 0 Å². The van der Waals surface area contributed by atoms with Crippen LogP contribution in [0.15, 0.2) is 0 Å². The maximum absolute atomic E-state index is 4.95. The highest BCUT2D eigenvalue weighted by Crippen LogP contribution is 2.07. The lowest BCUT2D eigenvalue weighted by molar-refractivity contribution is 1.33. The fourth-order valence-electron chi connectivity index (χ4n) is 0.769. The van der Waals surface area contributed by atoms with Crippen LogP contribution in [0.3, 0.4) is 0 Å². The monoisotopic (exact) mass is 116 g/mol. The van der Waals surface area contributed by atoms with Crippen LogP contribution in [0.2, 0.25) is 12.1 Å². The Hall–Kier alpha value is 0.307. The zero-order valence-corrected chi connectivity index (χ0v) is 5.97. The lowest BCUT2D eigenvalue weighted by Crippen LogP contribution is -1.78. The molecule has 0 spiro atoms. The van der Waals surface area contributed by atoms with E-state index in [1.54, 1.807) is 0 Å². The minimum Gasteiger partial charge on any atom is -0.0900 e. The summed E-state index contributed by atoms with van der Waals surface area (Å²) in [6.45, 7) is 0. The molecule has 1 aliphatic heterocycles. The van der Waals surface area contributed by atoms with Crippen LogP contribution in [-0.4, -0.2) is 14.4 Å². The predicted molar refractivity (Wildman–Crippen MR) is 35.4 cm³/mol. The van der Waals surface area contributed by atoms with Gasteiger partial charge in [0.1, 0.15) is 0 Å². The lowest BCUT2D eigenvalue weighted by Gasteiger charge is -1.76. The SMILES string of the molecule is S=C1CC[SiH2]C1. The van der Waals surface area contributed by atoms with Gasteiger partial charge in [0.2, 0.25) is 0 Å². The Balaban J connectivity index is 2.37. The summed E-state index contributed by atoms with van der Waals surface area (Å²) in [7, 11) is 0.355. The number of thiocarbonyl (C=S) groups is 1. The largest absolute Gasteiger partial charge is 0.0900 e. The molecule has 1 saturated heterocycles. The molecule has 0 unspecified atom stereocenters. The third-order valence-corrected chi connectivity index (χ3v) is 3.74. The zero-order valence-electron chi connectivity index (χ0n) is 3.74. The molecule has 1 fully saturated rings. The molecule has 0 bridgehead atoms. The van der Waals surface area contributed by atoms with Crippen molar-refractivity contribution in [3.63, 3.8) is 0 Å². The van der Waals surface area contributed by atoms with E-state index in [2.05, 4.69) is 0 Å². The molecule has 0 atom stereocenters. The van der Waals surface area contributed by atoms with Crippen LogP contribution >= 0.6 is 12.2 Å². The van der Waals surface area contributed by atoms with Crippen molar-refractivity contribution in [2.24, 2.45) is 0 Å². The van der Waals surface area contributed by atoms with Crippen molar-refractivity contribution < 1.29 is 0 Å². The third-order valence-electron chi connectivity index (χ3n) is 1.16. The van der Waals surface area contributed by atoms with Crippen molar-refractivity contribution in [2.75, 3.05) is 0 Å². The van der Waals surface area contributed by atoms with E-state index in [1.807, 2.05) is 0 Å². The summed E-state index contributed by atoms with van der Waals surface area (Å²) >= 11 is 4.95. The van der Waals surface area contributed by atoms with E-state index in [1.165, 1.54) is 23.4 Å². The molecule has 1 heterocycles. The van der Waals surface area contributed by atoms with Crippen LogP contribution in [-0.2, 0) is 0 Å². The van der Waals surface area contributed by atoms with Crippen molar-refractivity contribution in [3.8, 4) is 0 Å². The summed E-state index contributed by atoms with van der Waals surface area (Å²) in [5.74, 6) is 0. The summed E-state index contributed by atoms with van der Waals surface area (Å²) in [6, 6.07) is 2.84. The fraction of sp³-hybridized carbons (Fsp3) is 0.750. The normalized spacial score (nSPS) is 26.3. The average molecular weight is 116 g/mol. The first kappa shape index (κ1) is 4.47. The molecular weight excluding hydrogens is 108 g/mol. The molecule has 0 radical (unpaired) electrons. The Morgan fingerprint density at radius 1 is 1.67 bits per heavy atom. The lowest BCUT2D eigenvalue weighted by atomic mass is 10.4. The van der Waals surface area contributed by atoms with E-state index in [-0.39, 0.29) is 0 Å². The van der Waals surface area contributed by atoms with Gasteiger partial charge in [0, 0.05) is 9.52 Å². The van der Waals surface area contributed by atoms with Gasteiger partial charge in [-0.1, -0.05) is 18.3 Å². The number of hydrogen-bond donors (Lipinski definition) is 0. The minimum absolute atomic E-state index is 0.355. The average Bonchev–Trinajstić information content (AvgIpc) is 1.86. The van der Waals surface area contributed by atoms with Crippen molar-refractivity contribution in [1.29, 1.82) is 0 Å². The first-order valence-corrected chi connectivity index (χ1v) is 4.82. The predicted octanol–water partition coefficient (Wildman–Crippen LogP) is 0.765. The summed E-state index contributed by atoms with van der Waals surface area (Å²) in [5.41, 5.74) is 0. The van der Waals surface area contributed by atoms with Crippen molar-refractivity contribution in [3.05, 3.63) is 0 Å². The smallest absolute Gasteiger partial charge is 0.0257 e. The van der Waals surface area contributed by atoms with Crippen LogP contribution in [0.25, 0.3) is 0 Å². The molecule has 0 aromatic heterocycles. The highest BCUT2D eigenvalue weighted by molar-refractivity contribution is 7.80. The molecule has 0 aromatic carbocycles. The van der Waals surface area contributed by atoms with Crippen LogP contribution in [0.1, 0.15) is 6.42 Å². The van der Waals surface area contributed by atoms with Gasteiger partial charge < -0.3 is 0 Å². The van der Waals surface area contributed by atoms with Gasteiger partial charge in [-0.3, -0.25) is 0 Å². The number of rotatable bonds is 0. The first-order chi connectivity index (χ1) is 2.89. The van der Waals surface area contributed by atoms with Gasteiger partial charge in [0.05, 0.1) is 0 Å². The van der Waals surface area contributed by atoms with Gasteiger partial charge in [-0.25, -0.2) is 0 Å². The molecule has 0 aliphatic carbocycles. The summed E-state index contributed by atoms with van der Waals surface area (Å²) in [6.07, 6.45) is 1.28. The molecule has 0 nitrogen and oxygen atoms in total. The molecule has 34 valence electrons. The second kappa shape index (κ2) is 1.84. The van der Waals surface area contributed by atoms with Crippen LogP contribution < -0.4 is 0 Å². The molecule has 0 aromatic rings. The van der Waals surface area contributed by atoms with Crippen molar-refractivity contribution in [1.82, 2.24) is 0 Å². The molecule has 2 heteroatoms. The third kappa shape index (κ3) is 0.882. The standard InChI is InChI=1S/C4H8SSi/c5-4-1-2-6-3-4/h1-3,6H2. The Bertz CT molecular complexity index is 61.9. The van der Waals surface area contributed by atoms with Crippen LogP contribution in [0.5, 0.6) is 0 Å². The molecule has 0 N–H and O–H groups in total. The quantitative estimate of drug-likeness (QED) is 0.333. The minimum atomic E-state index is 0.355. The Labute approximate surface area is 45.8 Å². The molecule has 0 saturated carbocycles. The second-order valence-electron chi connectivity index (χ2n) is 1.75. The van der Waals surface area contributed by atoms with Gasteiger partial charge in [0.25, 0.3) is 0 Å². The summed E-state index contributed by atoms with van der Waals surface area (Å²) in [5, 5.41) is 0. The molecule has 0 amide bonds. The van der Waals surface area contributed by atoms with E-state index < -0.39 is 0 Å². The van der Waals surface area contributed by atoms with E-state index in [9.17, 15) is 0 Å². The van der Waals surface area contributed by atoms with E-state index in [0.717, 1.165) is 0 Å². The van der Waals surface area contributed by atoms with Crippen molar-refractivity contribution in [2.45, 2.75) is 18.5 Å². The van der Waals surface area contributed by atoms with E-state index in [4.69, 9.17) is 12.2 Å². The summed E-state index contributed by atoms with van der Waals surface area (Å²) in [4.78, 5) is 1.35. The highest BCUT2D eigenvalue weighted by atomic mass is 32.1. The van der Waals surface area contributed by atoms with E-state index >= 15 is 0 Å². The van der Waals surface area contributed by atoms with Gasteiger partial charge >= 0.3 is 0 Å². The molecular formula is C4H8SSi. The fourth-order valence-corrected chi connectivity index (χ4v) is 3.17. The molecule has 6 heavy (non-hydrogen) atoms. The maximum atomic E-state index is 4.95. The van der Waals surface area contributed by atoms with Gasteiger partial charge in [-0.2, -0.15) is 0 Å². The number of hydrogen-bond acceptors (Lipinski definition) is 1. The Kier molecular flexibility index (Phi) is 1.37. The van der Waals surface area contributed by atoms with Gasteiger partial charge in [-0.15, -0.1) is 0 Å². The van der Waals surface area contributed by atoms with E-state index in [0.29, 0.717) is 9.52 Å². The van der Waals surface area contributed by atoms with Crippen LogP contribution in [0, 0.1) is 0 Å². The summed E-state index contributed by atoms with van der Waals surface area (Å²) < 4.78 is 0. The van der Waals surface area contributed by atoms with Crippen molar-refractivity contribution >= 4 is 26.6 Å². The topological polar surface area (TPSA) is 0 Å². The van der Waals surface area contributed by atoms with Crippen LogP contribution in [0.4, 0.5) is 0 Å². The molecule has 1 aliphatic rings. The second-order valence-corrected chi connectivity index (χ2v) is 4.24. The Morgan fingerprint density at radius 2 is 2.50 bits per heavy atom. The zero-order chi connectivity index (χ0) is 4.41. The maximum Gasteiger partial charge on any atom is 0.0257 e. The molecule has 1 rings (SSSR count). The highest BCUT2D eigenvalue weighted by Gasteiger charge is 2.04. The first-order valence-electron chi connectivity index (χ1n) is 2.41.